The molecule has 3 aromatic carbocycles. The number of rotatable bonds is 6. The molecule has 1 aliphatic heterocycles. The SMILES string of the molecule is O=C1/C(=C/c2c(F)cccc2Cl)SC(=Nc2ccc([N+](=O)[O-])cc2)N1CCc1c[nH]c2ccccc12. The van der Waals surface area contributed by atoms with Gasteiger partial charge in [0.15, 0.2) is 5.17 Å². The largest absolute Gasteiger partial charge is 0.361 e. The van der Waals surface area contributed by atoms with E-state index >= 15 is 0 Å². The maximum atomic E-state index is 14.4. The zero-order valence-corrected chi connectivity index (χ0v) is 20.2. The summed E-state index contributed by atoms with van der Waals surface area (Å²) in [5, 5.41) is 12.6. The van der Waals surface area contributed by atoms with Crippen LogP contribution in [-0.2, 0) is 11.2 Å². The second-order valence-electron chi connectivity index (χ2n) is 7.98. The van der Waals surface area contributed by atoms with E-state index in [9.17, 15) is 19.3 Å². The molecule has 0 unspecified atom stereocenters. The molecular formula is C26H18ClFN4O3S. The highest BCUT2D eigenvalue weighted by Gasteiger charge is 2.33. The predicted octanol–water partition coefficient (Wildman–Crippen LogP) is 6.72. The summed E-state index contributed by atoms with van der Waals surface area (Å²) in [5.74, 6) is -0.852. The number of H-pyrrole nitrogens is 1. The Morgan fingerprint density at radius 3 is 2.64 bits per heavy atom. The number of nitro groups is 1. The van der Waals surface area contributed by atoms with Gasteiger partial charge in [-0.05, 0) is 60.2 Å². The fourth-order valence-electron chi connectivity index (χ4n) is 3.90. The number of aromatic amines is 1. The normalized spacial score (nSPS) is 15.9. The van der Waals surface area contributed by atoms with Gasteiger partial charge < -0.3 is 4.98 Å². The second kappa shape index (κ2) is 9.96. The first-order chi connectivity index (χ1) is 17.4. The van der Waals surface area contributed by atoms with Crippen LogP contribution in [0.1, 0.15) is 11.1 Å². The fourth-order valence-corrected chi connectivity index (χ4v) is 5.12. The molecule has 180 valence electrons. The lowest BCUT2D eigenvalue weighted by Gasteiger charge is -2.15. The molecule has 0 bridgehead atoms. The van der Waals surface area contributed by atoms with Crippen molar-refractivity contribution in [1.82, 2.24) is 9.88 Å². The monoisotopic (exact) mass is 520 g/mol. The first-order valence-corrected chi connectivity index (χ1v) is 12.1. The first-order valence-electron chi connectivity index (χ1n) is 10.9. The Labute approximate surface area is 214 Å². The minimum atomic E-state index is -0.533. The van der Waals surface area contributed by atoms with Crippen molar-refractivity contribution in [3.63, 3.8) is 0 Å². The maximum Gasteiger partial charge on any atom is 0.269 e. The molecule has 0 atom stereocenters. The van der Waals surface area contributed by atoms with Gasteiger partial charge in [-0.25, -0.2) is 9.38 Å². The lowest BCUT2D eigenvalue weighted by Crippen LogP contribution is -2.31. The molecule has 1 aliphatic rings. The number of nitro benzene ring substituents is 1. The molecule has 0 spiro atoms. The van der Waals surface area contributed by atoms with E-state index in [0.29, 0.717) is 23.8 Å². The van der Waals surface area contributed by atoms with Crippen LogP contribution in [0.5, 0.6) is 0 Å². The van der Waals surface area contributed by atoms with Gasteiger partial charge in [-0.2, -0.15) is 0 Å². The standard InChI is InChI=1S/C26H18ClFN4O3S/c27-21-5-3-6-22(28)20(21)14-24-25(33)31(13-12-16-15-29-23-7-2-1-4-19(16)23)26(36-24)30-17-8-10-18(11-9-17)32(34)35/h1-11,14-15,29H,12-13H2/b24-14-,30-26?. The summed E-state index contributed by atoms with van der Waals surface area (Å²) in [6.45, 7) is 0.335. The fraction of sp³-hybridized carbons (Fsp3) is 0.0769. The van der Waals surface area contributed by atoms with Crippen molar-refractivity contribution in [2.24, 2.45) is 4.99 Å². The van der Waals surface area contributed by atoms with Crippen LogP contribution in [0.25, 0.3) is 17.0 Å². The van der Waals surface area contributed by atoms with Crippen LogP contribution in [0.15, 0.2) is 82.8 Å². The molecule has 2 heterocycles. The second-order valence-corrected chi connectivity index (χ2v) is 9.40. The average molecular weight is 521 g/mol. The van der Waals surface area contributed by atoms with E-state index in [1.165, 1.54) is 47.4 Å². The van der Waals surface area contributed by atoms with Crippen LogP contribution in [0.3, 0.4) is 0 Å². The average Bonchev–Trinajstić information content (AvgIpc) is 3.41. The van der Waals surface area contributed by atoms with Gasteiger partial charge in [-0.1, -0.05) is 35.9 Å². The molecular weight excluding hydrogens is 503 g/mol. The van der Waals surface area contributed by atoms with Crippen LogP contribution >= 0.6 is 23.4 Å². The lowest BCUT2D eigenvalue weighted by atomic mass is 10.1. The molecule has 5 rings (SSSR count). The van der Waals surface area contributed by atoms with Crippen molar-refractivity contribution in [3.05, 3.63) is 110 Å². The summed E-state index contributed by atoms with van der Waals surface area (Å²) in [6, 6.07) is 18.0. The molecule has 0 radical (unpaired) electrons. The van der Waals surface area contributed by atoms with Crippen molar-refractivity contribution >= 4 is 62.8 Å². The van der Waals surface area contributed by atoms with Gasteiger partial charge >= 0.3 is 0 Å². The van der Waals surface area contributed by atoms with Gasteiger partial charge in [0.25, 0.3) is 11.6 Å². The summed E-state index contributed by atoms with van der Waals surface area (Å²) in [5.41, 5.74) is 2.58. The number of nitrogens with zero attached hydrogens (tertiary/aromatic N) is 3. The minimum Gasteiger partial charge on any atom is -0.361 e. The van der Waals surface area contributed by atoms with E-state index in [-0.39, 0.29) is 27.1 Å². The Morgan fingerprint density at radius 2 is 1.89 bits per heavy atom. The molecule has 4 aromatic rings. The molecule has 0 aliphatic carbocycles. The number of hydrogen-bond acceptors (Lipinski definition) is 5. The Morgan fingerprint density at radius 1 is 1.11 bits per heavy atom. The Bertz CT molecular complexity index is 1530. The number of aromatic nitrogens is 1. The molecule has 1 amide bonds. The third kappa shape index (κ3) is 4.75. The van der Waals surface area contributed by atoms with Crippen molar-refractivity contribution < 1.29 is 14.1 Å². The molecule has 0 saturated carbocycles. The molecule has 1 N–H and O–H groups in total. The summed E-state index contributed by atoms with van der Waals surface area (Å²) >= 11 is 7.28. The van der Waals surface area contributed by atoms with Gasteiger partial charge in [0.05, 0.1) is 20.5 Å². The number of carbonyl (C=O) groups excluding carboxylic acids is 1. The van der Waals surface area contributed by atoms with Gasteiger partial charge in [0, 0.05) is 41.3 Å². The first kappa shape index (κ1) is 23.8. The predicted molar refractivity (Wildman–Crippen MR) is 141 cm³/mol. The number of amidine groups is 1. The number of thioether (sulfide) groups is 1. The summed E-state index contributed by atoms with van der Waals surface area (Å²) in [4.78, 5) is 33.5. The van der Waals surface area contributed by atoms with E-state index in [0.717, 1.165) is 28.2 Å². The molecule has 1 fully saturated rings. The van der Waals surface area contributed by atoms with Crippen molar-refractivity contribution in [2.45, 2.75) is 6.42 Å². The quantitative estimate of drug-likeness (QED) is 0.174. The highest BCUT2D eigenvalue weighted by Crippen LogP contribution is 2.36. The van der Waals surface area contributed by atoms with E-state index in [1.54, 1.807) is 6.07 Å². The Hall–Kier alpha value is -3.95. The number of aliphatic imine (C=N–C) groups is 1. The molecule has 7 nitrogen and oxygen atoms in total. The Balaban J connectivity index is 1.48. The zero-order valence-electron chi connectivity index (χ0n) is 18.7. The van der Waals surface area contributed by atoms with Crippen LogP contribution in [0, 0.1) is 15.9 Å². The number of para-hydroxylation sites is 1. The number of non-ortho nitro benzene ring substituents is 1. The minimum absolute atomic E-state index is 0.0555. The molecule has 1 saturated heterocycles. The molecule has 10 heteroatoms. The highest BCUT2D eigenvalue weighted by molar-refractivity contribution is 8.18. The number of hydrogen-bond donors (Lipinski definition) is 1. The van der Waals surface area contributed by atoms with Crippen LogP contribution in [0.2, 0.25) is 5.02 Å². The van der Waals surface area contributed by atoms with Gasteiger partial charge in [0.2, 0.25) is 0 Å². The summed E-state index contributed by atoms with van der Waals surface area (Å²) in [7, 11) is 0. The number of amides is 1. The van der Waals surface area contributed by atoms with Crippen LogP contribution in [-0.4, -0.2) is 32.4 Å². The maximum absolute atomic E-state index is 14.4. The van der Waals surface area contributed by atoms with Gasteiger partial charge in [-0.15, -0.1) is 0 Å². The van der Waals surface area contributed by atoms with E-state index in [2.05, 4.69) is 9.98 Å². The highest BCUT2D eigenvalue weighted by atomic mass is 35.5. The Kier molecular flexibility index (Phi) is 6.58. The third-order valence-electron chi connectivity index (χ3n) is 5.73. The van der Waals surface area contributed by atoms with Crippen molar-refractivity contribution in [2.75, 3.05) is 6.54 Å². The van der Waals surface area contributed by atoms with E-state index in [1.807, 2.05) is 30.5 Å². The summed E-state index contributed by atoms with van der Waals surface area (Å²) in [6.07, 6.45) is 3.91. The van der Waals surface area contributed by atoms with Crippen LogP contribution in [0.4, 0.5) is 15.8 Å². The number of carbonyl (C=O) groups is 1. The zero-order chi connectivity index (χ0) is 25.2. The smallest absolute Gasteiger partial charge is 0.269 e. The number of fused-ring (bicyclic) bond motifs is 1. The topological polar surface area (TPSA) is 91.6 Å². The number of halogens is 2. The van der Waals surface area contributed by atoms with E-state index < -0.39 is 10.7 Å². The lowest BCUT2D eigenvalue weighted by molar-refractivity contribution is -0.384. The van der Waals surface area contributed by atoms with Crippen molar-refractivity contribution in [3.8, 4) is 0 Å². The van der Waals surface area contributed by atoms with E-state index in [4.69, 9.17) is 11.6 Å². The number of nitrogens with one attached hydrogen (secondary N) is 1. The summed E-state index contributed by atoms with van der Waals surface area (Å²) < 4.78 is 14.4. The molecule has 1 aromatic heterocycles. The number of benzene rings is 3. The third-order valence-corrected chi connectivity index (χ3v) is 7.06. The van der Waals surface area contributed by atoms with Gasteiger partial charge in [0.1, 0.15) is 5.82 Å². The van der Waals surface area contributed by atoms with Crippen molar-refractivity contribution in [1.29, 1.82) is 0 Å². The molecule has 36 heavy (non-hydrogen) atoms. The van der Waals surface area contributed by atoms with Crippen LogP contribution < -0.4 is 0 Å². The van der Waals surface area contributed by atoms with Gasteiger partial charge in [-0.3, -0.25) is 19.8 Å².